The maximum absolute atomic E-state index is 9.91. The quantitative estimate of drug-likeness (QED) is 0.335. The first-order valence-corrected chi connectivity index (χ1v) is 6.12. The third-order valence-electron chi connectivity index (χ3n) is 1.94. The van der Waals surface area contributed by atoms with Crippen molar-refractivity contribution < 1.29 is 4.74 Å². The van der Waals surface area contributed by atoms with Gasteiger partial charge in [-0.15, -0.1) is 5.09 Å². The third-order valence-corrected chi connectivity index (χ3v) is 2.93. The Morgan fingerprint density at radius 1 is 1.40 bits per heavy atom. The molecule has 1 aromatic rings. The zero-order valence-electron chi connectivity index (χ0n) is 8.43. The first-order valence-electron chi connectivity index (χ1n) is 4.88. The Balaban J connectivity index is 2.13. The fourth-order valence-electron chi connectivity index (χ4n) is 1.16. The lowest BCUT2D eigenvalue weighted by Crippen LogP contribution is -2.10. The molecule has 1 rings (SSSR count). The molecule has 0 fully saturated rings. The van der Waals surface area contributed by atoms with E-state index in [9.17, 15) is 4.91 Å². The minimum atomic E-state index is 0.365. The molecule has 0 heterocycles. The van der Waals surface area contributed by atoms with Crippen molar-refractivity contribution in [2.45, 2.75) is 16.9 Å². The summed E-state index contributed by atoms with van der Waals surface area (Å²) in [6, 6.07) is 10.1. The summed E-state index contributed by atoms with van der Waals surface area (Å²) in [5.74, 6) is 0. The van der Waals surface area contributed by atoms with Crippen LogP contribution >= 0.6 is 22.6 Å². The molecule has 0 aliphatic carbocycles. The van der Waals surface area contributed by atoms with E-state index in [-0.39, 0.29) is 0 Å². The highest BCUT2D eigenvalue weighted by Gasteiger charge is 2.05. The summed E-state index contributed by atoms with van der Waals surface area (Å²) in [7, 11) is 0.377. The lowest BCUT2D eigenvalue weighted by atomic mass is 9.89. The molecule has 0 radical (unpaired) electrons. The van der Waals surface area contributed by atoms with Crippen molar-refractivity contribution in [1.82, 2.24) is 0 Å². The molecule has 1 aromatic carbocycles. The molecule has 0 amide bonds. The van der Waals surface area contributed by atoms with Gasteiger partial charge in [-0.1, -0.05) is 52.9 Å². The highest BCUT2D eigenvalue weighted by molar-refractivity contribution is 14.1. The van der Waals surface area contributed by atoms with Crippen molar-refractivity contribution in [3.8, 4) is 0 Å². The second-order valence-electron chi connectivity index (χ2n) is 3.24. The summed E-state index contributed by atoms with van der Waals surface area (Å²) in [5, 5.41) is 2.83. The van der Waals surface area contributed by atoms with E-state index >= 15 is 0 Å². The van der Waals surface area contributed by atoms with Gasteiger partial charge in [0.15, 0.2) is 0 Å². The molecule has 0 aliphatic rings. The fraction of sp³-hybridized carbons (Fsp3) is 0.400. The minimum absolute atomic E-state index is 0.365. The van der Waals surface area contributed by atoms with Crippen LogP contribution in [0.3, 0.4) is 0 Å². The number of hydrogen-bond donors (Lipinski definition) is 0. The predicted octanol–water partition coefficient (Wildman–Crippen LogP) is 2.54. The van der Waals surface area contributed by atoms with E-state index in [4.69, 9.17) is 4.74 Å². The molecular weight excluding hydrogens is 304 g/mol. The molecule has 80 valence electrons. The highest BCUT2D eigenvalue weighted by atomic mass is 127. The maximum atomic E-state index is 9.91. The van der Waals surface area contributed by atoms with Crippen LogP contribution in [0.1, 0.15) is 5.56 Å². The smallest absolute Gasteiger partial charge is 0.321 e. The summed E-state index contributed by atoms with van der Waals surface area (Å²) < 4.78 is 5.89. The van der Waals surface area contributed by atoms with Crippen LogP contribution in [0.25, 0.3) is 0 Å². The number of hydrogen-bond acceptors (Lipinski definition) is 3. The Morgan fingerprint density at radius 2 is 2.13 bits per heavy atom. The minimum Gasteiger partial charge on any atom is -0.376 e. The van der Waals surface area contributed by atoms with Gasteiger partial charge in [-0.25, -0.2) is 0 Å². The number of ether oxygens (including phenoxy) is 1. The molecular formula is C10H13BINO2. The average Bonchev–Trinajstić information content (AvgIpc) is 2.28. The Hall–Kier alpha value is -0.425. The van der Waals surface area contributed by atoms with Crippen molar-refractivity contribution in [1.29, 1.82) is 0 Å². The molecule has 1 unspecified atom stereocenters. The van der Waals surface area contributed by atoms with E-state index in [0.717, 1.165) is 6.32 Å². The van der Waals surface area contributed by atoms with Crippen LogP contribution in [0, 0.1) is 4.91 Å². The maximum Gasteiger partial charge on any atom is 0.321 e. The van der Waals surface area contributed by atoms with Crippen molar-refractivity contribution in [3.63, 3.8) is 0 Å². The standard InChI is InChI=1S/C10H13BINO2/c12-10(6-11-13-14)8-15-7-9-4-2-1-3-5-9/h1-5,10-11H,6-8H2. The SMILES string of the molecule is O=NBCC(I)COCc1ccccc1. The number of halogens is 1. The zero-order chi connectivity index (χ0) is 10.9. The van der Waals surface area contributed by atoms with Crippen molar-refractivity contribution in [2.24, 2.45) is 5.09 Å². The van der Waals surface area contributed by atoms with Gasteiger partial charge in [-0.2, -0.15) is 4.91 Å². The second-order valence-corrected chi connectivity index (χ2v) is 5.00. The van der Waals surface area contributed by atoms with Gasteiger partial charge in [0.1, 0.15) is 0 Å². The highest BCUT2D eigenvalue weighted by Crippen LogP contribution is 2.08. The zero-order valence-corrected chi connectivity index (χ0v) is 10.6. The van der Waals surface area contributed by atoms with Crippen LogP contribution < -0.4 is 0 Å². The van der Waals surface area contributed by atoms with Gasteiger partial charge < -0.3 is 4.74 Å². The van der Waals surface area contributed by atoms with Gasteiger partial charge in [0.2, 0.25) is 0 Å². The predicted molar refractivity (Wildman–Crippen MR) is 71.7 cm³/mol. The summed E-state index contributed by atoms with van der Waals surface area (Å²) in [6.07, 6.45) is 0.791. The van der Waals surface area contributed by atoms with E-state index in [2.05, 4.69) is 27.7 Å². The number of benzene rings is 1. The third kappa shape index (κ3) is 5.89. The summed E-state index contributed by atoms with van der Waals surface area (Å²) in [4.78, 5) is 9.91. The van der Waals surface area contributed by atoms with E-state index in [1.165, 1.54) is 5.56 Å². The van der Waals surface area contributed by atoms with Gasteiger partial charge in [-0.05, 0) is 11.9 Å². The molecule has 5 heteroatoms. The molecule has 0 spiro atoms. The fourth-order valence-corrected chi connectivity index (χ4v) is 1.69. The van der Waals surface area contributed by atoms with Gasteiger partial charge >= 0.3 is 7.41 Å². The van der Waals surface area contributed by atoms with Gasteiger partial charge in [0.25, 0.3) is 0 Å². The van der Waals surface area contributed by atoms with Crippen molar-refractivity contribution in [3.05, 3.63) is 40.8 Å². The molecule has 0 saturated carbocycles. The molecule has 1 atom stereocenters. The van der Waals surface area contributed by atoms with E-state index in [1.807, 2.05) is 30.3 Å². The van der Waals surface area contributed by atoms with E-state index < -0.39 is 0 Å². The summed E-state index contributed by atoms with van der Waals surface area (Å²) in [6.45, 7) is 1.31. The van der Waals surface area contributed by atoms with E-state index in [1.54, 1.807) is 0 Å². The topological polar surface area (TPSA) is 38.7 Å². The Kier molecular flexibility index (Phi) is 6.59. The number of alkyl halides is 1. The Morgan fingerprint density at radius 3 is 2.80 bits per heavy atom. The molecule has 3 nitrogen and oxygen atoms in total. The average molecular weight is 317 g/mol. The number of nitroso groups, excluding NO2 is 1. The molecule has 0 bridgehead atoms. The first kappa shape index (κ1) is 12.6. The Labute approximate surface area is 104 Å². The van der Waals surface area contributed by atoms with Gasteiger partial charge in [0.05, 0.1) is 13.2 Å². The lowest BCUT2D eigenvalue weighted by molar-refractivity contribution is 0.127. The van der Waals surface area contributed by atoms with Crippen molar-refractivity contribution in [2.75, 3.05) is 6.61 Å². The van der Waals surface area contributed by atoms with Crippen LogP contribution in [0.4, 0.5) is 0 Å². The largest absolute Gasteiger partial charge is 0.376 e. The van der Waals surface area contributed by atoms with Crippen LogP contribution in [-0.2, 0) is 11.3 Å². The molecule has 0 aliphatic heterocycles. The van der Waals surface area contributed by atoms with Crippen LogP contribution in [0.2, 0.25) is 6.32 Å². The molecule has 15 heavy (non-hydrogen) atoms. The van der Waals surface area contributed by atoms with Gasteiger partial charge in [0, 0.05) is 3.92 Å². The van der Waals surface area contributed by atoms with Gasteiger partial charge in [-0.3, -0.25) is 0 Å². The summed E-state index contributed by atoms with van der Waals surface area (Å²) in [5.41, 5.74) is 1.18. The second kappa shape index (κ2) is 7.81. The normalized spacial score (nSPS) is 12.1. The van der Waals surface area contributed by atoms with Crippen LogP contribution in [0.15, 0.2) is 35.4 Å². The molecule has 0 aromatic heterocycles. The number of rotatable bonds is 7. The van der Waals surface area contributed by atoms with Crippen LogP contribution in [0.5, 0.6) is 0 Å². The van der Waals surface area contributed by atoms with Crippen LogP contribution in [-0.4, -0.2) is 17.9 Å². The monoisotopic (exact) mass is 317 g/mol. The number of nitrogens with zero attached hydrogens (tertiary/aromatic N) is 1. The summed E-state index contributed by atoms with van der Waals surface area (Å²) >= 11 is 2.28. The lowest BCUT2D eigenvalue weighted by Gasteiger charge is -2.08. The molecule has 0 N–H and O–H groups in total. The Bertz CT molecular complexity index is 284. The van der Waals surface area contributed by atoms with Crippen molar-refractivity contribution >= 4 is 30.0 Å². The van der Waals surface area contributed by atoms with E-state index in [0.29, 0.717) is 24.6 Å². The molecule has 0 saturated heterocycles. The first-order chi connectivity index (χ1) is 7.33.